The third-order valence-electron chi connectivity index (χ3n) is 9.52. The topological polar surface area (TPSA) is 40.5 Å². The minimum absolute atomic E-state index is 0. The van der Waals surface area contributed by atoms with Gasteiger partial charge < -0.3 is 53.1 Å². The largest absolute Gasteiger partial charge is 1.00 e. The summed E-state index contributed by atoms with van der Waals surface area (Å²) in [5, 5.41) is 19.3. The highest BCUT2D eigenvalue weighted by atomic mass is 79.9. The molecule has 0 spiro atoms. The Morgan fingerprint density at radius 1 is 0.533 bits per heavy atom. The van der Waals surface area contributed by atoms with Gasteiger partial charge in [-0.1, -0.05) is 12.8 Å². The van der Waals surface area contributed by atoms with Gasteiger partial charge in [-0.3, -0.25) is 0 Å². The monoisotopic (exact) mass is 552 g/mol. The van der Waals surface area contributed by atoms with Crippen LogP contribution < -0.4 is 34.0 Å². The third kappa shape index (κ3) is 5.47. The highest BCUT2D eigenvalue weighted by molar-refractivity contribution is 4.83. The molecule has 0 radical (unpaired) electrons. The first kappa shape index (κ1) is 27.0. The number of quaternary nitrogens is 2. The summed E-state index contributed by atoms with van der Waals surface area (Å²) in [5.41, 5.74) is 0. The van der Waals surface area contributed by atoms with Crippen LogP contribution in [0.2, 0.25) is 0 Å². The Bertz CT molecular complexity index is 468. The lowest BCUT2D eigenvalue weighted by Gasteiger charge is -2.36. The van der Waals surface area contributed by atoms with Gasteiger partial charge >= 0.3 is 0 Å². The molecule has 4 saturated heterocycles. The van der Waals surface area contributed by atoms with Crippen LogP contribution in [0.4, 0.5) is 0 Å². The van der Waals surface area contributed by atoms with Gasteiger partial charge in [-0.05, 0) is 25.7 Å². The van der Waals surface area contributed by atoms with Crippen LogP contribution in [0.15, 0.2) is 0 Å². The molecule has 0 aliphatic carbocycles. The number of nitrogens with zero attached hydrogens (tertiary/aromatic N) is 2. The molecule has 0 amide bonds. The van der Waals surface area contributed by atoms with E-state index in [-0.39, 0.29) is 34.0 Å². The molecular weight excluding hydrogens is 508 g/mol. The maximum Gasteiger partial charge on any atom is 0.0945 e. The molecule has 2 unspecified atom stereocenters. The number of halogens is 2. The molecule has 6 heteroatoms. The first-order chi connectivity index (χ1) is 13.7. The molecule has 0 bridgehead atoms. The standard InChI is InChI=1S/C24H46N2O2.2BrH/c27-19-21-11-17-25(15-7-9-23(21)25)13-5-3-1-2-4-6-14-26-16-8-10-24(26)22(20-28)12-18-26;;/h21-24,27-28H,1-20H2;2*1H/q+2;;/p-2/t21-,22-,23+,24+,25?,26?;;/m0../s1. The number of aliphatic hydroxyl groups is 2. The average molecular weight is 554 g/mol. The van der Waals surface area contributed by atoms with Gasteiger partial charge in [-0.15, -0.1) is 0 Å². The summed E-state index contributed by atoms with van der Waals surface area (Å²) < 4.78 is 2.72. The summed E-state index contributed by atoms with van der Waals surface area (Å²) >= 11 is 0. The fourth-order valence-electron chi connectivity index (χ4n) is 8.03. The van der Waals surface area contributed by atoms with Crippen molar-refractivity contribution in [2.45, 2.75) is 89.1 Å². The van der Waals surface area contributed by atoms with Crippen molar-refractivity contribution >= 4 is 0 Å². The summed E-state index contributed by atoms with van der Waals surface area (Å²) in [6, 6.07) is 1.58. The molecule has 30 heavy (non-hydrogen) atoms. The zero-order valence-corrected chi connectivity index (χ0v) is 22.2. The SMILES string of the molecule is OC[C@@H]1CC[N+]2(CCCCCCCC[N+]34CCC[C@@H]3[C@H](CO)CC4)CCC[C@H]12.[Br-].[Br-]. The van der Waals surface area contributed by atoms with Gasteiger partial charge in [0.05, 0.1) is 64.6 Å². The van der Waals surface area contributed by atoms with Gasteiger partial charge in [0.15, 0.2) is 0 Å². The summed E-state index contributed by atoms with van der Waals surface area (Å²) in [6.07, 6.45) is 16.5. The average Bonchev–Trinajstić information content (AvgIpc) is 3.43. The smallest absolute Gasteiger partial charge is 0.0945 e. The number of fused-ring (bicyclic) bond motifs is 2. The number of hydrogen-bond acceptors (Lipinski definition) is 2. The molecule has 178 valence electrons. The maximum atomic E-state index is 9.66. The van der Waals surface area contributed by atoms with Crippen molar-refractivity contribution in [3.8, 4) is 0 Å². The Morgan fingerprint density at radius 3 is 1.33 bits per heavy atom. The van der Waals surface area contributed by atoms with Crippen LogP contribution in [0.3, 0.4) is 0 Å². The minimum atomic E-state index is 0. The second-order valence-corrected chi connectivity index (χ2v) is 10.8. The molecule has 4 rings (SSSR count). The highest BCUT2D eigenvalue weighted by Crippen LogP contribution is 2.41. The van der Waals surface area contributed by atoms with E-state index in [1.54, 1.807) is 0 Å². The minimum Gasteiger partial charge on any atom is -1.00 e. The van der Waals surface area contributed by atoms with E-state index in [0.29, 0.717) is 25.0 Å². The zero-order valence-electron chi connectivity index (χ0n) is 19.0. The molecule has 4 aliphatic heterocycles. The quantitative estimate of drug-likeness (QED) is 0.216. The van der Waals surface area contributed by atoms with Crippen molar-refractivity contribution in [3.63, 3.8) is 0 Å². The van der Waals surface area contributed by atoms with E-state index in [1.165, 1.54) is 125 Å². The lowest BCUT2D eigenvalue weighted by atomic mass is 9.99. The van der Waals surface area contributed by atoms with Crippen molar-refractivity contribution in [2.75, 3.05) is 52.5 Å². The van der Waals surface area contributed by atoms with Crippen molar-refractivity contribution in [1.82, 2.24) is 0 Å². The molecule has 0 saturated carbocycles. The lowest BCUT2D eigenvalue weighted by molar-refractivity contribution is -0.929. The number of aliphatic hydroxyl groups excluding tert-OH is 2. The van der Waals surface area contributed by atoms with E-state index in [1.807, 2.05) is 0 Å². The van der Waals surface area contributed by atoms with Gasteiger partial charge in [0, 0.05) is 50.4 Å². The van der Waals surface area contributed by atoms with Crippen LogP contribution in [-0.4, -0.2) is 83.7 Å². The third-order valence-corrected chi connectivity index (χ3v) is 9.52. The van der Waals surface area contributed by atoms with Gasteiger partial charge in [0.2, 0.25) is 0 Å². The number of rotatable bonds is 11. The molecule has 2 N–H and O–H groups in total. The first-order valence-corrected chi connectivity index (χ1v) is 12.7. The van der Waals surface area contributed by atoms with E-state index in [9.17, 15) is 10.2 Å². The Hall–Kier alpha value is 0.800. The summed E-state index contributed by atoms with van der Waals surface area (Å²) in [5.74, 6) is 1.20. The Morgan fingerprint density at radius 2 is 0.933 bits per heavy atom. The number of hydrogen-bond donors (Lipinski definition) is 2. The zero-order chi connectivity index (χ0) is 19.5. The van der Waals surface area contributed by atoms with Crippen LogP contribution in [0, 0.1) is 11.8 Å². The molecule has 0 aromatic heterocycles. The van der Waals surface area contributed by atoms with Crippen molar-refractivity contribution in [2.24, 2.45) is 11.8 Å². The second-order valence-electron chi connectivity index (χ2n) is 10.8. The molecule has 0 aromatic rings. The molecule has 4 fully saturated rings. The number of unbranched alkanes of at least 4 members (excludes halogenated alkanes) is 5. The van der Waals surface area contributed by atoms with Gasteiger partial charge in [0.25, 0.3) is 0 Å². The molecule has 0 aromatic carbocycles. The van der Waals surface area contributed by atoms with Gasteiger partial charge in [-0.2, -0.15) is 0 Å². The molecule has 4 heterocycles. The van der Waals surface area contributed by atoms with Crippen LogP contribution in [0.25, 0.3) is 0 Å². The van der Waals surface area contributed by atoms with E-state index in [0.717, 1.165) is 12.1 Å². The molecule has 4 nitrogen and oxygen atoms in total. The van der Waals surface area contributed by atoms with Gasteiger partial charge in [-0.25, -0.2) is 0 Å². The molecule has 4 aliphatic rings. The predicted molar refractivity (Wildman–Crippen MR) is 114 cm³/mol. The lowest BCUT2D eigenvalue weighted by Crippen LogP contribution is -3.00. The highest BCUT2D eigenvalue weighted by Gasteiger charge is 2.51. The van der Waals surface area contributed by atoms with Crippen molar-refractivity contribution in [1.29, 1.82) is 0 Å². The van der Waals surface area contributed by atoms with Gasteiger partial charge in [0.1, 0.15) is 0 Å². The fourth-order valence-corrected chi connectivity index (χ4v) is 8.03. The van der Waals surface area contributed by atoms with E-state index in [2.05, 4.69) is 0 Å². The Balaban J connectivity index is 0.00000160. The van der Waals surface area contributed by atoms with Crippen molar-refractivity contribution < 1.29 is 53.1 Å². The normalized spacial score (nSPS) is 39.4. The summed E-state index contributed by atoms with van der Waals surface area (Å²) in [6.45, 7) is 9.05. The van der Waals surface area contributed by atoms with E-state index in [4.69, 9.17) is 0 Å². The summed E-state index contributed by atoms with van der Waals surface area (Å²) in [7, 11) is 0. The van der Waals surface area contributed by atoms with E-state index < -0.39 is 0 Å². The van der Waals surface area contributed by atoms with E-state index >= 15 is 0 Å². The first-order valence-electron chi connectivity index (χ1n) is 12.7. The Labute approximate surface area is 206 Å². The van der Waals surface area contributed by atoms with Crippen LogP contribution in [0.5, 0.6) is 0 Å². The van der Waals surface area contributed by atoms with Crippen molar-refractivity contribution in [3.05, 3.63) is 0 Å². The summed E-state index contributed by atoms with van der Waals surface area (Å²) in [4.78, 5) is 0. The van der Waals surface area contributed by atoms with Crippen LogP contribution >= 0.6 is 0 Å². The predicted octanol–water partition coefficient (Wildman–Crippen LogP) is -2.68. The molecular formula is C24H46Br2N2O2. The maximum absolute atomic E-state index is 9.66. The van der Waals surface area contributed by atoms with Crippen LogP contribution in [-0.2, 0) is 0 Å². The fraction of sp³-hybridized carbons (Fsp3) is 1.00. The second kappa shape index (κ2) is 12.3. The van der Waals surface area contributed by atoms with Crippen LogP contribution in [0.1, 0.15) is 77.0 Å². The molecule has 6 atom stereocenters. The Kier molecular flexibility index (Phi) is 11.1.